The van der Waals surface area contributed by atoms with E-state index in [-0.39, 0.29) is 11.4 Å². The van der Waals surface area contributed by atoms with Crippen molar-refractivity contribution in [3.05, 3.63) is 34.9 Å². The van der Waals surface area contributed by atoms with Crippen molar-refractivity contribution in [2.24, 2.45) is 0 Å². The van der Waals surface area contributed by atoms with Crippen LogP contribution in [0.5, 0.6) is 0 Å². The third kappa shape index (κ3) is 2.22. The Bertz CT molecular complexity index is 463. The van der Waals surface area contributed by atoms with Crippen LogP contribution in [0.4, 0.5) is 10.1 Å². The van der Waals surface area contributed by atoms with Crippen LogP contribution in [0.2, 0.25) is 0 Å². The molecule has 1 aromatic rings. The number of halogens is 1. The second kappa shape index (κ2) is 4.41. The predicted molar refractivity (Wildman–Crippen MR) is 57.3 cm³/mol. The zero-order valence-corrected chi connectivity index (χ0v) is 8.12. The Kier molecular flexibility index (Phi) is 3.22. The molecule has 0 aliphatic carbocycles. The van der Waals surface area contributed by atoms with Crippen molar-refractivity contribution in [3.8, 4) is 0 Å². The highest BCUT2D eigenvalue weighted by Crippen LogP contribution is 2.04. The minimum atomic E-state index is -1.21. The number of rotatable bonds is 3. The van der Waals surface area contributed by atoms with Gasteiger partial charge in [0.2, 0.25) is 5.97 Å². The Hall–Kier alpha value is -2.11. The summed E-state index contributed by atoms with van der Waals surface area (Å²) >= 11 is 0. The zero-order valence-electron chi connectivity index (χ0n) is 8.12. The zero-order chi connectivity index (χ0) is 11.4. The van der Waals surface area contributed by atoms with Gasteiger partial charge in [0.1, 0.15) is 5.70 Å². The summed E-state index contributed by atoms with van der Waals surface area (Å²) in [6.45, 7) is 0. The Morgan fingerprint density at radius 2 is 2.40 bits per heavy atom. The van der Waals surface area contributed by atoms with Crippen molar-refractivity contribution >= 4 is 17.3 Å². The fraction of sp³-hybridized carbons (Fsp3) is 0.111. The van der Waals surface area contributed by atoms with Gasteiger partial charge in [-0.1, -0.05) is 0 Å². The molecule has 1 heterocycles. The summed E-state index contributed by atoms with van der Waals surface area (Å²) in [5.74, 6) is -1.21. The van der Waals surface area contributed by atoms with Crippen LogP contribution >= 0.6 is 0 Å². The average molecular weight is 210 g/mol. The average Bonchev–Trinajstić information content (AvgIpc) is 2.19. The van der Waals surface area contributed by atoms with E-state index in [2.05, 4.69) is 5.32 Å². The predicted octanol–water partition coefficient (Wildman–Crippen LogP) is 0.395. The standard InChI is InChI=1S/C9H11FN4O/c1-13-5-7(8(10)12)14-4-2-3-6(11)9(14)15/h2-5,12-13H,11H2,1H3/b7-5+,12-8?. The smallest absolute Gasteiger partial charge is 0.278 e. The molecule has 0 spiro atoms. The van der Waals surface area contributed by atoms with E-state index in [1.54, 1.807) is 7.05 Å². The van der Waals surface area contributed by atoms with Gasteiger partial charge < -0.3 is 11.1 Å². The van der Waals surface area contributed by atoms with E-state index >= 15 is 0 Å². The number of pyridine rings is 1. The molecule has 0 bridgehead atoms. The minimum absolute atomic E-state index is 0.000697. The molecule has 0 saturated heterocycles. The summed E-state index contributed by atoms with van der Waals surface area (Å²) in [5, 5.41) is 9.43. The van der Waals surface area contributed by atoms with Crippen molar-refractivity contribution in [3.63, 3.8) is 0 Å². The maximum Gasteiger partial charge on any atom is 0.278 e. The summed E-state index contributed by atoms with van der Waals surface area (Å²) in [7, 11) is 1.54. The molecule has 1 aromatic heterocycles. The van der Waals surface area contributed by atoms with Gasteiger partial charge >= 0.3 is 0 Å². The molecule has 6 heteroatoms. The number of nitrogens with one attached hydrogen (secondary N) is 2. The van der Waals surface area contributed by atoms with E-state index in [0.717, 1.165) is 4.57 Å². The lowest BCUT2D eigenvalue weighted by atomic mass is 10.3. The molecule has 15 heavy (non-hydrogen) atoms. The largest absolute Gasteiger partial charge is 0.394 e. The molecule has 4 N–H and O–H groups in total. The topological polar surface area (TPSA) is 83.9 Å². The van der Waals surface area contributed by atoms with E-state index in [0.29, 0.717) is 0 Å². The molecule has 0 radical (unpaired) electrons. The van der Waals surface area contributed by atoms with Crippen LogP contribution in [-0.2, 0) is 0 Å². The SMILES string of the molecule is CN/C=C(\C(=N)F)n1cccc(N)c1=O. The van der Waals surface area contributed by atoms with E-state index in [4.69, 9.17) is 11.1 Å². The quantitative estimate of drug-likeness (QED) is 0.631. The molecule has 80 valence electrons. The fourth-order valence-corrected chi connectivity index (χ4v) is 1.08. The number of hydrogen-bond acceptors (Lipinski definition) is 4. The van der Waals surface area contributed by atoms with Crippen LogP contribution in [-0.4, -0.2) is 17.6 Å². The Balaban J connectivity index is 3.37. The first-order valence-corrected chi connectivity index (χ1v) is 4.17. The lowest BCUT2D eigenvalue weighted by molar-refractivity contribution is 0.792. The first-order chi connectivity index (χ1) is 7.07. The maximum absolute atomic E-state index is 12.8. The van der Waals surface area contributed by atoms with Crippen LogP contribution < -0.4 is 16.6 Å². The second-order valence-corrected chi connectivity index (χ2v) is 2.77. The van der Waals surface area contributed by atoms with Gasteiger partial charge in [-0.25, -0.2) is 0 Å². The van der Waals surface area contributed by atoms with Crippen molar-refractivity contribution in [1.29, 1.82) is 5.41 Å². The second-order valence-electron chi connectivity index (χ2n) is 2.77. The van der Waals surface area contributed by atoms with Crippen molar-refractivity contribution in [1.82, 2.24) is 9.88 Å². The van der Waals surface area contributed by atoms with Gasteiger partial charge in [0, 0.05) is 19.4 Å². The van der Waals surface area contributed by atoms with Gasteiger partial charge in [0.05, 0.1) is 5.69 Å². The van der Waals surface area contributed by atoms with Gasteiger partial charge in [-0.15, -0.1) is 0 Å². The number of allylic oxidation sites excluding steroid dienone is 1. The normalized spacial score (nSPS) is 11.2. The Labute approximate surface area is 85.5 Å². The molecule has 5 nitrogen and oxygen atoms in total. The van der Waals surface area contributed by atoms with Crippen molar-refractivity contribution < 1.29 is 4.39 Å². The fourth-order valence-electron chi connectivity index (χ4n) is 1.08. The third-order valence-corrected chi connectivity index (χ3v) is 1.74. The van der Waals surface area contributed by atoms with Crippen LogP contribution in [0.1, 0.15) is 0 Å². The van der Waals surface area contributed by atoms with Gasteiger partial charge in [0.15, 0.2) is 0 Å². The molecule has 0 unspecified atom stereocenters. The number of nitrogens with zero attached hydrogens (tertiary/aromatic N) is 1. The summed E-state index contributed by atoms with van der Waals surface area (Å²) < 4.78 is 13.8. The highest BCUT2D eigenvalue weighted by molar-refractivity contribution is 6.10. The highest BCUT2D eigenvalue weighted by atomic mass is 19.1. The summed E-state index contributed by atoms with van der Waals surface area (Å²) in [4.78, 5) is 11.5. The van der Waals surface area contributed by atoms with Crippen molar-refractivity contribution in [2.45, 2.75) is 0 Å². The highest BCUT2D eigenvalue weighted by Gasteiger charge is 2.09. The van der Waals surface area contributed by atoms with Gasteiger partial charge in [-0.05, 0) is 12.1 Å². The monoisotopic (exact) mass is 210 g/mol. The van der Waals surface area contributed by atoms with Crippen LogP contribution in [0.3, 0.4) is 0 Å². The summed E-state index contributed by atoms with van der Waals surface area (Å²) in [6.07, 6.45) is 2.55. The molecule has 1 rings (SSSR count). The van der Waals surface area contributed by atoms with Gasteiger partial charge in [0.25, 0.3) is 5.56 Å². The molecule has 0 aromatic carbocycles. The van der Waals surface area contributed by atoms with Crippen molar-refractivity contribution in [2.75, 3.05) is 12.8 Å². The molecule has 0 amide bonds. The molecular formula is C9H11FN4O. The molecule has 0 atom stereocenters. The molecule has 0 aliphatic rings. The first-order valence-electron chi connectivity index (χ1n) is 4.17. The molecule has 0 saturated carbocycles. The number of anilines is 1. The lowest BCUT2D eigenvalue weighted by Gasteiger charge is -2.07. The number of nitrogen functional groups attached to an aromatic ring is 1. The lowest BCUT2D eigenvalue weighted by Crippen LogP contribution is -2.24. The van der Waals surface area contributed by atoms with Crippen LogP contribution in [0.15, 0.2) is 29.3 Å². The number of nitrogens with two attached hydrogens (primary N) is 1. The van der Waals surface area contributed by atoms with Crippen LogP contribution in [0, 0.1) is 5.41 Å². The van der Waals surface area contributed by atoms with Gasteiger partial charge in [-0.2, -0.15) is 4.39 Å². The van der Waals surface area contributed by atoms with Gasteiger partial charge in [-0.3, -0.25) is 14.8 Å². The minimum Gasteiger partial charge on any atom is -0.394 e. The molecular weight excluding hydrogens is 199 g/mol. The van der Waals surface area contributed by atoms with E-state index in [1.165, 1.54) is 24.5 Å². The first kappa shape index (κ1) is 11.0. The van der Waals surface area contributed by atoms with Crippen LogP contribution in [0.25, 0.3) is 5.70 Å². The Morgan fingerprint density at radius 1 is 1.73 bits per heavy atom. The third-order valence-electron chi connectivity index (χ3n) is 1.74. The van der Waals surface area contributed by atoms with E-state index in [1.807, 2.05) is 0 Å². The van der Waals surface area contributed by atoms with E-state index < -0.39 is 11.5 Å². The Morgan fingerprint density at radius 3 is 2.93 bits per heavy atom. The summed E-state index contributed by atoms with van der Waals surface area (Å²) in [5.41, 5.74) is 4.64. The number of hydrogen-bond donors (Lipinski definition) is 3. The van der Waals surface area contributed by atoms with E-state index in [9.17, 15) is 9.18 Å². The molecule has 0 fully saturated rings. The summed E-state index contributed by atoms with van der Waals surface area (Å²) in [6, 6.07) is 2.92. The number of aromatic nitrogens is 1. The maximum atomic E-state index is 12.8. The molecule has 0 aliphatic heterocycles.